The van der Waals surface area contributed by atoms with Gasteiger partial charge in [-0.3, -0.25) is 0 Å². The zero-order chi connectivity index (χ0) is 5.56. The second kappa shape index (κ2) is 1.66. The predicted octanol–water partition coefficient (Wildman–Crippen LogP) is 2.10. The van der Waals surface area contributed by atoms with Gasteiger partial charge in [-0.25, -0.2) is 0 Å². The van der Waals surface area contributed by atoms with Gasteiger partial charge in [-0.2, -0.15) is 12.6 Å². The Labute approximate surface area is 56.1 Å². The Kier molecular flexibility index (Phi) is 1.07. The maximum atomic E-state index is 4.50. The molecule has 8 heavy (non-hydrogen) atoms. The highest BCUT2D eigenvalue weighted by Gasteiger charge is 2.37. The molecule has 0 spiro atoms. The third-order valence-corrected chi connectivity index (χ3v) is 3.33. The summed E-state index contributed by atoms with van der Waals surface area (Å²) in [6, 6.07) is 0. The minimum absolute atomic E-state index is 0.772. The molecule has 2 aliphatic carbocycles. The van der Waals surface area contributed by atoms with Gasteiger partial charge in [0, 0.05) is 5.25 Å². The van der Waals surface area contributed by atoms with Gasteiger partial charge in [-0.05, 0) is 31.1 Å². The summed E-state index contributed by atoms with van der Waals surface area (Å²) in [5.41, 5.74) is 0. The lowest BCUT2D eigenvalue weighted by Gasteiger charge is -2.14. The fourth-order valence-electron chi connectivity index (χ4n) is 2.21. The summed E-state index contributed by atoms with van der Waals surface area (Å²) in [5.74, 6) is 2.07. The molecule has 2 bridgehead atoms. The number of hydrogen-bond acceptors (Lipinski definition) is 1. The molecule has 2 saturated carbocycles. The predicted molar refractivity (Wildman–Crippen MR) is 38.2 cm³/mol. The molecule has 3 atom stereocenters. The Morgan fingerprint density at radius 1 is 1.12 bits per heavy atom. The molecular formula is C7H12S. The Hall–Kier alpha value is 0.350. The molecule has 0 aromatic heterocycles. The molecule has 0 nitrogen and oxygen atoms in total. The van der Waals surface area contributed by atoms with Crippen molar-refractivity contribution in [3.05, 3.63) is 0 Å². The van der Waals surface area contributed by atoms with E-state index in [0.29, 0.717) is 0 Å². The normalized spacial score (nSPS) is 52.9. The minimum Gasteiger partial charge on any atom is -0.176 e. The molecule has 2 fully saturated rings. The lowest BCUT2D eigenvalue weighted by atomic mass is 10.0. The first kappa shape index (κ1) is 5.16. The van der Waals surface area contributed by atoms with Gasteiger partial charge in [0.05, 0.1) is 0 Å². The molecule has 0 aromatic rings. The van der Waals surface area contributed by atoms with E-state index in [4.69, 9.17) is 0 Å². The van der Waals surface area contributed by atoms with Crippen molar-refractivity contribution in [2.24, 2.45) is 11.8 Å². The molecule has 0 saturated heterocycles. The van der Waals surface area contributed by atoms with E-state index in [1.807, 2.05) is 0 Å². The largest absolute Gasteiger partial charge is 0.176 e. The third-order valence-electron chi connectivity index (χ3n) is 2.70. The summed E-state index contributed by atoms with van der Waals surface area (Å²) in [6.07, 6.45) is 5.88. The zero-order valence-corrected chi connectivity index (χ0v) is 5.90. The molecule has 2 aliphatic rings. The number of rotatable bonds is 0. The zero-order valence-electron chi connectivity index (χ0n) is 5.01. The van der Waals surface area contributed by atoms with Crippen LogP contribution in [0.15, 0.2) is 0 Å². The van der Waals surface area contributed by atoms with Crippen LogP contribution in [0.3, 0.4) is 0 Å². The Bertz CT molecular complexity index is 98.6. The van der Waals surface area contributed by atoms with Crippen molar-refractivity contribution < 1.29 is 0 Å². The van der Waals surface area contributed by atoms with Crippen molar-refractivity contribution in [2.45, 2.75) is 30.9 Å². The number of thiol groups is 1. The summed E-state index contributed by atoms with van der Waals surface area (Å²) >= 11 is 4.50. The van der Waals surface area contributed by atoms with E-state index < -0.39 is 0 Å². The molecule has 0 amide bonds. The summed E-state index contributed by atoms with van der Waals surface area (Å²) < 4.78 is 0. The van der Waals surface area contributed by atoms with E-state index in [2.05, 4.69) is 12.6 Å². The van der Waals surface area contributed by atoms with Crippen molar-refractivity contribution in [3.8, 4) is 0 Å². The Balaban J connectivity index is 2.11. The van der Waals surface area contributed by atoms with E-state index in [9.17, 15) is 0 Å². The lowest BCUT2D eigenvalue weighted by Crippen LogP contribution is -2.08. The lowest BCUT2D eigenvalue weighted by molar-refractivity contribution is 0.494. The molecular weight excluding hydrogens is 116 g/mol. The van der Waals surface area contributed by atoms with Gasteiger partial charge in [0.1, 0.15) is 0 Å². The molecule has 0 aromatic carbocycles. The van der Waals surface area contributed by atoms with Crippen LogP contribution in [0.5, 0.6) is 0 Å². The van der Waals surface area contributed by atoms with Crippen LogP contribution in [-0.4, -0.2) is 5.25 Å². The third kappa shape index (κ3) is 0.604. The van der Waals surface area contributed by atoms with Crippen molar-refractivity contribution >= 4 is 12.6 Å². The van der Waals surface area contributed by atoms with Crippen molar-refractivity contribution in [2.75, 3.05) is 0 Å². The molecule has 2 rings (SSSR count). The van der Waals surface area contributed by atoms with Crippen LogP contribution in [0.25, 0.3) is 0 Å². The van der Waals surface area contributed by atoms with Gasteiger partial charge in [-0.1, -0.05) is 6.42 Å². The molecule has 2 unspecified atom stereocenters. The quantitative estimate of drug-likeness (QED) is 0.475. The summed E-state index contributed by atoms with van der Waals surface area (Å²) in [4.78, 5) is 0. The van der Waals surface area contributed by atoms with Gasteiger partial charge in [0.15, 0.2) is 0 Å². The van der Waals surface area contributed by atoms with E-state index in [1.54, 1.807) is 0 Å². The molecule has 0 N–H and O–H groups in total. The first-order valence-corrected chi connectivity index (χ1v) is 4.06. The number of fused-ring (bicyclic) bond motifs is 2. The topological polar surface area (TPSA) is 0 Å². The van der Waals surface area contributed by atoms with Crippen LogP contribution in [0, 0.1) is 11.8 Å². The van der Waals surface area contributed by atoms with E-state index in [-0.39, 0.29) is 0 Å². The van der Waals surface area contributed by atoms with Gasteiger partial charge < -0.3 is 0 Å². The fourth-order valence-corrected chi connectivity index (χ4v) is 2.78. The van der Waals surface area contributed by atoms with E-state index in [0.717, 1.165) is 17.1 Å². The maximum Gasteiger partial charge on any atom is 0.00478 e. The molecule has 1 heteroatoms. The molecule has 0 heterocycles. The standard InChI is InChI=1S/C7H12S/c8-7-4-5-1-2-6(7)3-5/h5-8H,1-4H2/t5-,6?,7?/m0/s1. The van der Waals surface area contributed by atoms with Crippen LogP contribution >= 0.6 is 12.6 Å². The first-order chi connectivity index (χ1) is 3.86. The highest BCUT2D eigenvalue weighted by Crippen LogP contribution is 2.46. The van der Waals surface area contributed by atoms with Crippen molar-refractivity contribution in [1.29, 1.82) is 0 Å². The molecule has 46 valence electrons. The maximum absolute atomic E-state index is 4.50. The second-order valence-corrected chi connectivity index (χ2v) is 3.91. The Morgan fingerprint density at radius 3 is 2.25 bits per heavy atom. The summed E-state index contributed by atoms with van der Waals surface area (Å²) in [7, 11) is 0. The van der Waals surface area contributed by atoms with Gasteiger partial charge >= 0.3 is 0 Å². The SMILES string of the molecule is SC1C[C@H]2CCC1C2. The van der Waals surface area contributed by atoms with Crippen LogP contribution < -0.4 is 0 Å². The van der Waals surface area contributed by atoms with Crippen LogP contribution in [-0.2, 0) is 0 Å². The van der Waals surface area contributed by atoms with Crippen molar-refractivity contribution in [3.63, 3.8) is 0 Å². The van der Waals surface area contributed by atoms with Crippen LogP contribution in [0.2, 0.25) is 0 Å². The van der Waals surface area contributed by atoms with Gasteiger partial charge in [-0.15, -0.1) is 0 Å². The second-order valence-electron chi connectivity index (χ2n) is 3.24. The average molecular weight is 128 g/mol. The Morgan fingerprint density at radius 2 is 2.00 bits per heavy atom. The first-order valence-electron chi connectivity index (χ1n) is 3.54. The van der Waals surface area contributed by atoms with Gasteiger partial charge in [0.2, 0.25) is 0 Å². The highest BCUT2D eigenvalue weighted by atomic mass is 32.1. The monoisotopic (exact) mass is 128 g/mol. The summed E-state index contributed by atoms with van der Waals surface area (Å²) in [5, 5.41) is 0.772. The molecule has 0 radical (unpaired) electrons. The summed E-state index contributed by atoms with van der Waals surface area (Å²) in [6.45, 7) is 0. The van der Waals surface area contributed by atoms with Crippen molar-refractivity contribution in [1.82, 2.24) is 0 Å². The highest BCUT2D eigenvalue weighted by molar-refractivity contribution is 7.81. The average Bonchev–Trinajstić information content (AvgIpc) is 2.23. The van der Waals surface area contributed by atoms with Crippen LogP contribution in [0.1, 0.15) is 25.7 Å². The molecule has 0 aliphatic heterocycles. The van der Waals surface area contributed by atoms with E-state index in [1.165, 1.54) is 25.7 Å². The van der Waals surface area contributed by atoms with E-state index >= 15 is 0 Å². The van der Waals surface area contributed by atoms with Gasteiger partial charge in [0.25, 0.3) is 0 Å². The minimum atomic E-state index is 0.772. The van der Waals surface area contributed by atoms with Crippen LogP contribution in [0.4, 0.5) is 0 Å². The fraction of sp³-hybridized carbons (Fsp3) is 1.00. The smallest absolute Gasteiger partial charge is 0.00478 e. The number of hydrogen-bond donors (Lipinski definition) is 1.